The fraction of sp³-hybridized carbons (Fsp3) is 0.133. The Labute approximate surface area is 125 Å². The average molecular weight is 298 g/mol. The standard InChI is InChI=1S/C15H14N4OS/c1-8-5-6-17-11(7-8)19-14(20)13-12(16)10-4-3-9(2)18-15(10)21-13/h3-7H,16H2,1-2H3,(H,17,19,20). The number of nitrogens with zero attached hydrogens (tertiary/aromatic N) is 2. The number of aryl methyl sites for hydroxylation is 2. The number of hydrogen-bond donors (Lipinski definition) is 2. The number of carbonyl (C=O) groups is 1. The Bertz CT molecular complexity index is 841. The number of nitrogen functional groups attached to an aromatic ring is 1. The molecular weight excluding hydrogens is 284 g/mol. The van der Waals surface area contributed by atoms with Gasteiger partial charge in [-0.2, -0.15) is 0 Å². The van der Waals surface area contributed by atoms with Crippen LogP contribution in [0.15, 0.2) is 30.5 Å². The van der Waals surface area contributed by atoms with Crippen molar-refractivity contribution in [3.05, 3.63) is 46.6 Å². The third-order valence-electron chi connectivity index (χ3n) is 3.10. The van der Waals surface area contributed by atoms with Crippen molar-refractivity contribution in [3.8, 4) is 0 Å². The number of fused-ring (bicyclic) bond motifs is 1. The highest BCUT2D eigenvalue weighted by Crippen LogP contribution is 2.32. The van der Waals surface area contributed by atoms with Gasteiger partial charge in [0.2, 0.25) is 0 Å². The van der Waals surface area contributed by atoms with E-state index in [2.05, 4.69) is 15.3 Å². The molecule has 0 spiro atoms. The van der Waals surface area contributed by atoms with E-state index in [9.17, 15) is 4.79 Å². The molecule has 3 aromatic heterocycles. The molecule has 0 unspecified atom stereocenters. The van der Waals surface area contributed by atoms with Crippen LogP contribution in [-0.4, -0.2) is 15.9 Å². The van der Waals surface area contributed by atoms with Crippen LogP contribution in [0.4, 0.5) is 11.5 Å². The number of pyridine rings is 2. The molecule has 3 aromatic rings. The van der Waals surface area contributed by atoms with E-state index in [1.807, 2.05) is 38.1 Å². The summed E-state index contributed by atoms with van der Waals surface area (Å²) in [5.74, 6) is 0.257. The van der Waals surface area contributed by atoms with Gasteiger partial charge in [-0.05, 0) is 43.7 Å². The lowest BCUT2D eigenvalue weighted by molar-refractivity contribution is 0.103. The summed E-state index contributed by atoms with van der Waals surface area (Å²) in [5.41, 5.74) is 8.46. The molecule has 0 bridgehead atoms. The zero-order valence-electron chi connectivity index (χ0n) is 11.7. The molecule has 0 aliphatic carbocycles. The van der Waals surface area contributed by atoms with Crippen molar-refractivity contribution in [1.82, 2.24) is 9.97 Å². The molecule has 0 aromatic carbocycles. The van der Waals surface area contributed by atoms with Crippen LogP contribution in [0.25, 0.3) is 10.2 Å². The van der Waals surface area contributed by atoms with Crippen molar-refractivity contribution in [3.63, 3.8) is 0 Å². The third kappa shape index (κ3) is 2.57. The Morgan fingerprint density at radius 3 is 2.86 bits per heavy atom. The fourth-order valence-electron chi connectivity index (χ4n) is 2.04. The van der Waals surface area contributed by atoms with Crippen molar-refractivity contribution in [2.24, 2.45) is 0 Å². The Kier molecular flexibility index (Phi) is 3.31. The molecule has 1 amide bonds. The Balaban J connectivity index is 1.96. The number of anilines is 2. The molecule has 0 saturated carbocycles. The summed E-state index contributed by atoms with van der Waals surface area (Å²) in [4.78, 5) is 22.1. The average Bonchev–Trinajstić information content (AvgIpc) is 2.75. The molecule has 0 radical (unpaired) electrons. The number of rotatable bonds is 2. The van der Waals surface area contributed by atoms with Crippen molar-refractivity contribution in [2.45, 2.75) is 13.8 Å². The number of hydrogen-bond acceptors (Lipinski definition) is 5. The SMILES string of the molecule is Cc1ccnc(NC(=O)c2sc3nc(C)ccc3c2N)c1. The number of carbonyl (C=O) groups excluding carboxylic acids is 1. The van der Waals surface area contributed by atoms with Gasteiger partial charge in [-0.15, -0.1) is 11.3 Å². The van der Waals surface area contributed by atoms with Crippen LogP contribution in [0.1, 0.15) is 20.9 Å². The summed E-state index contributed by atoms with van der Waals surface area (Å²) in [6.45, 7) is 3.85. The highest BCUT2D eigenvalue weighted by Gasteiger charge is 2.17. The summed E-state index contributed by atoms with van der Waals surface area (Å²) in [6, 6.07) is 7.46. The van der Waals surface area contributed by atoms with Gasteiger partial charge >= 0.3 is 0 Å². The predicted molar refractivity (Wildman–Crippen MR) is 85.7 cm³/mol. The van der Waals surface area contributed by atoms with Gasteiger partial charge in [-0.25, -0.2) is 9.97 Å². The minimum Gasteiger partial charge on any atom is -0.397 e. The van der Waals surface area contributed by atoms with Gasteiger partial charge in [-0.3, -0.25) is 4.79 Å². The van der Waals surface area contributed by atoms with Crippen LogP contribution in [0.3, 0.4) is 0 Å². The number of thiophene rings is 1. The van der Waals surface area contributed by atoms with Crippen LogP contribution in [0, 0.1) is 13.8 Å². The topological polar surface area (TPSA) is 80.9 Å². The predicted octanol–water partition coefficient (Wildman–Crippen LogP) is 3.14. The molecule has 106 valence electrons. The van der Waals surface area contributed by atoms with Crippen LogP contribution >= 0.6 is 11.3 Å². The van der Waals surface area contributed by atoms with E-state index in [0.717, 1.165) is 21.5 Å². The van der Waals surface area contributed by atoms with E-state index < -0.39 is 0 Å². The molecule has 3 heterocycles. The zero-order valence-corrected chi connectivity index (χ0v) is 12.5. The van der Waals surface area contributed by atoms with Crippen LogP contribution in [0.5, 0.6) is 0 Å². The molecular formula is C15H14N4OS. The molecule has 21 heavy (non-hydrogen) atoms. The number of nitrogens with two attached hydrogens (primary N) is 1. The lowest BCUT2D eigenvalue weighted by Crippen LogP contribution is -2.13. The van der Waals surface area contributed by atoms with E-state index in [1.54, 1.807) is 6.20 Å². The Morgan fingerprint density at radius 2 is 2.10 bits per heavy atom. The monoisotopic (exact) mass is 298 g/mol. The second kappa shape index (κ2) is 5.14. The summed E-state index contributed by atoms with van der Waals surface area (Å²) < 4.78 is 0. The van der Waals surface area contributed by atoms with Gasteiger partial charge in [0.1, 0.15) is 15.5 Å². The van der Waals surface area contributed by atoms with Gasteiger partial charge in [0.15, 0.2) is 0 Å². The molecule has 3 N–H and O–H groups in total. The Morgan fingerprint density at radius 1 is 1.29 bits per heavy atom. The molecule has 0 fully saturated rings. The van der Waals surface area contributed by atoms with Crippen LogP contribution < -0.4 is 11.1 Å². The summed E-state index contributed by atoms with van der Waals surface area (Å²) in [7, 11) is 0. The number of aromatic nitrogens is 2. The summed E-state index contributed by atoms with van der Waals surface area (Å²) >= 11 is 1.29. The highest BCUT2D eigenvalue weighted by atomic mass is 32.1. The molecule has 0 saturated heterocycles. The molecule has 0 aliphatic heterocycles. The van der Waals surface area contributed by atoms with E-state index >= 15 is 0 Å². The fourth-order valence-corrected chi connectivity index (χ4v) is 3.07. The molecule has 0 atom stereocenters. The quantitative estimate of drug-likeness (QED) is 0.761. The normalized spacial score (nSPS) is 10.8. The first-order chi connectivity index (χ1) is 10.0. The first-order valence-corrected chi connectivity index (χ1v) is 7.26. The van der Waals surface area contributed by atoms with Crippen molar-refractivity contribution >= 4 is 39.0 Å². The summed E-state index contributed by atoms with van der Waals surface area (Å²) in [6.07, 6.45) is 1.66. The molecule has 6 heteroatoms. The van der Waals surface area contributed by atoms with Crippen molar-refractivity contribution in [1.29, 1.82) is 0 Å². The lowest BCUT2D eigenvalue weighted by atomic mass is 10.2. The summed E-state index contributed by atoms with van der Waals surface area (Å²) in [5, 5.41) is 3.58. The highest BCUT2D eigenvalue weighted by molar-refractivity contribution is 7.21. The van der Waals surface area contributed by atoms with Gasteiger partial charge in [0.05, 0.1) is 5.69 Å². The van der Waals surface area contributed by atoms with Gasteiger partial charge < -0.3 is 11.1 Å². The van der Waals surface area contributed by atoms with Crippen LogP contribution in [-0.2, 0) is 0 Å². The maximum atomic E-state index is 12.4. The first kappa shape index (κ1) is 13.5. The third-order valence-corrected chi connectivity index (χ3v) is 4.21. The minimum atomic E-state index is -0.258. The molecule has 3 rings (SSSR count). The first-order valence-electron chi connectivity index (χ1n) is 6.44. The maximum Gasteiger partial charge on any atom is 0.269 e. The number of nitrogens with one attached hydrogen (secondary N) is 1. The smallest absolute Gasteiger partial charge is 0.269 e. The lowest BCUT2D eigenvalue weighted by Gasteiger charge is -2.03. The molecule has 5 nitrogen and oxygen atoms in total. The van der Waals surface area contributed by atoms with Gasteiger partial charge in [-0.1, -0.05) is 0 Å². The van der Waals surface area contributed by atoms with Crippen molar-refractivity contribution < 1.29 is 4.79 Å². The van der Waals surface area contributed by atoms with Crippen LogP contribution in [0.2, 0.25) is 0 Å². The van der Waals surface area contributed by atoms with E-state index in [0.29, 0.717) is 16.4 Å². The van der Waals surface area contributed by atoms with E-state index in [-0.39, 0.29) is 5.91 Å². The number of amides is 1. The van der Waals surface area contributed by atoms with E-state index in [1.165, 1.54) is 11.3 Å². The largest absolute Gasteiger partial charge is 0.397 e. The van der Waals surface area contributed by atoms with Gasteiger partial charge in [0.25, 0.3) is 5.91 Å². The molecule has 0 aliphatic rings. The maximum absolute atomic E-state index is 12.4. The van der Waals surface area contributed by atoms with E-state index in [4.69, 9.17) is 5.73 Å². The Hall–Kier alpha value is -2.47. The zero-order chi connectivity index (χ0) is 15.0. The second-order valence-corrected chi connectivity index (χ2v) is 5.82. The second-order valence-electron chi connectivity index (χ2n) is 4.82. The minimum absolute atomic E-state index is 0.258. The van der Waals surface area contributed by atoms with Crippen molar-refractivity contribution in [2.75, 3.05) is 11.1 Å². The van der Waals surface area contributed by atoms with Gasteiger partial charge in [0, 0.05) is 17.3 Å².